The number of amides is 2. The fourth-order valence-corrected chi connectivity index (χ4v) is 5.11. The molecule has 2 amide bonds. The van der Waals surface area contributed by atoms with Crippen LogP contribution in [0.2, 0.25) is 0 Å². The number of hydrogen-bond acceptors (Lipinski definition) is 3. The summed E-state index contributed by atoms with van der Waals surface area (Å²) in [4.78, 5) is 26.0. The number of nitrogens with zero attached hydrogens (tertiary/aromatic N) is 1. The summed E-state index contributed by atoms with van der Waals surface area (Å²) in [5.41, 5.74) is -1.31. The monoisotopic (exact) mass is 442 g/mol. The van der Waals surface area contributed by atoms with Gasteiger partial charge in [0.05, 0.1) is 6.10 Å². The van der Waals surface area contributed by atoms with Gasteiger partial charge in [0.1, 0.15) is 17.1 Å². The Balaban J connectivity index is 1.29. The predicted molar refractivity (Wildman–Crippen MR) is 104 cm³/mol. The van der Waals surface area contributed by atoms with Crippen molar-refractivity contribution in [2.24, 2.45) is 11.8 Å². The van der Waals surface area contributed by atoms with Crippen LogP contribution in [-0.2, 0) is 15.8 Å². The number of rotatable bonds is 4. The number of carbonyl (C=O) groups excluding carboxylic acids is 2. The van der Waals surface area contributed by atoms with Crippen molar-refractivity contribution < 1.29 is 31.9 Å². The van der Waals surface area contributed by atoms with Crippen LogP contribution >= 0.6 is 0 Å². The van der Waals surface area contributed by atoms with Crippen LogP contribution in [0.3, 0.4) is 0 Å². The molecule has 3 fully saturated rings. The SMILES string of the molecule is CC(Oc1ccc(F)cc1C(F)(F)F)C1CCN(C(=O)[C@H]2C[C@@]3(CCC(=O)N3)C2)CC1. The summed E-state index contributed by atoms with van der Waals surface area (Å²) in [6.07, 6.45) is -1.27. The van der Waals surface area contributed by atoms with Gasteiger partial charge in [-0.25, -0.2) is 4.39 Å². The molecule has 1 saturated carbocycles. The molecule has 0 aromatic heterocycles. The van der Waals surface area contributed by atoms with Gasteiger partial charge in [-0.15, -0.1) is 0 Å². The summed E-state index contributed by atoms with van der Waals surface area (Å²) in [7, 11) is 0. The minimum absolute atomic E-state index is 0.00274. The van der Waals surface area contributed by atoms with E-state index in [1.807, 2.05) is 4.90 Å². The van der Waals surface area contributed by atoms with Crippen molar-refractivity contribution >= 4 is 11.8 Å². The minimum atomic E-state index is -4.70. The number of alkyl halides is 3. The largest absolute Gasteiger partial charge is 0.490 e. The topological polar surface area (TPSA) is 58.6 Å². The van der Waals surface area contributed by atoms with Crippen molar-refractivity contribution in [2.75, 3.05) is 13.1 Å². The zero-order valence-corrected chi connectivity index (χ0v) is 17.3. The Labute approximate surface area is 178 Å². The van der Waals surface area contributed by atoms with Gasteiger partial charge >= 0.3 is 6.18 Å². The number of benzene rings is 1. The van der Waals surface area contributed by atoms with Gasteiger partial charge in [-0.2, -0.15) is 13.2 Å². The first-order valence-electron chi connectivity index (χ1n) is 10.7. The first kappa shape index (κ1) is 21.9. The molecule has 1 unspecified atom stereocenters. The Morgan fingerprint density at radius 3 is 2.52 bits per heavy atom. The smallest absolute Gasteiger partial charge is 0.420 e. The van der Waals surface area contributed by atoms with Gasteiger partial charge in [-0.05, 0) is 63.1 Å². The third-order valence-electron chi connectivity index (χ3n) is 6.93. The summed E-state index contributed by atoms with van der Waals surface area (Å²) >= 11 is 0. The normalized spacial score (nSPS) is 27.7. The van der Waals surface area contributed by atoms with E-state index in [0.717, 1.165) is 18.6 Å². The highest BCUT2D eigenvalue weighted by Gasteiger charge is 2.51. The number of ether oxygens (including phenoxy) is 1. The molecule has 1 spiro atoms. The first-order chi connectivity index (χ1) is 14.6. The average molecular weight is 442 g/mol. The Morgan fingerprint density at radius 2 is 1.94 bits per heavy atom. The molecular formula is C22H26F4N2O3. The third kappa shape index (κ3) is 4.50. The molecular weight excluding hydrogens is 416 g/mol. The highest BCUT2D eigenvalue weighted by molar-refractivity contribution is 5.83. The van der Waals surface area contributed by atoms with E-state index >= 15 is 0 Å². The van der Waals surface area contributed by atoms with Gasteiger partial charge in [0.2, 0.25) is 11.8 Å². The lowest BCUT2D eigenvalue weighted by Gasteiger charge is -2.46. The van der Waals surface area contributed by atoms with Crippen LogP contribution < -0.4 is 10.1 Å². The van der Waals surface area contributed by atoms with Gasteiger partial charge in [0.25, 0.3) is 0 Å². The van der Waals surface area contributed by atoms with E-state index in [9.17, 15) is 27.2 Å². The molecule has 1 aromatic rings. The zero-order chi connectivity index (χ0) is 22.4. The Bertz CT molecular complexity index is 859. The lowest BCUT2D eigenvalue weighted by molar-refractivity contribution is -0.144. The standard InChI is InChI=1S/C22H26F4N2O3/c1-13(31-18-3-2-16(23)10-17(18)22(24,25)26)14-5-8-28(9-6-14)20(30)15-11-21(12-15)7-4-19(29)27-21/h2-3,10,13-15H,4-9,11-12H2,1H3,(H,27,29)/t13?,15-,21-. The van der Waals surface area contributed by atoms with Gasteiger partial charge in [-0.3, -0.25) is 9.59 Å². The van der Waals surface area contributed by atoms with E-state index in [2.05, 4.69) is 5.32 Å². The fraction of sp³-hybridized carbons (Fsp3) is 0.636. The van der Waals surface area contributed by atoms with Crippen LogP contribution in [0.1, 0.15) is 51.0 Å². The molecule has 0 radical (unpaired) electrons. The van der Waals surface area contributed by atoms with Crippen LogP contribution in [0.25, 0.3) is 0 Å². The highest BCUT2D eigenvalue weighted by atomic mass is 19.4. The summed E-state index contributed by atoms with van der Waals surface area (Å²) < 4.78 is 58.5. The zero-order valence-electron chi connectivity index (χ0n) is 17.3. The van der Waals surface area contributed by atoms with E-state index in [4.69, 9.17) is 4.74 Å². The second-order valence-electron chi connectivity index (χ2n) is 9.06. The van der Waals surface area contributed by atoms with E-state index in [0.29, 0.717) is 51.3 Å². The van der Waals surface area contributed by atoms with Gasteiger partial charge in [0.15, 0.2) is 0 Å². The van der Waals surface area contributed by atoms with Crippen molar-refractivity contribution in [3.05, 3.63) is 29.6 Å². The molecule has 1 aromatic carbocycles. The van der Waals surface area contributed by atoms with Crippen LogP contribution in [0, 0.1) is 17.7 Å². The Hall–Kier alpha value is -2.32. The lowest BCUT2D eigenvalue weighted by Crippen LogP contribution is -2.57. The average Bonchev–Trinajstić information content (AvgIpc) is 3.09. The number of hydrogen-bond donors (Lipinski definition) is 1. The van der Waals surface area contributed by atoms with E-state index < -0.39 is 23.7 Å². The second kappa shape index (κ2) is 7.98. The van der Waals surface area contributed by atoms with Crippen molar-refractivity contribution in [1.82, 2.24) is 10.2 Å². The Kier molecular flexibility index (Phi) is 5.64. The lowest BCUT2D eigenvalue weighted by atomic mass is 9.67. The van der Waals surface area contributed by atoms with E-state index in [1.165, 1.54) is 0 Å². The number of carbonyl (C=O) groups is 2. The van der Waals surface area contributed by atoms with Crippen LogP contribution in [0.4, 0.5) is 17.6 Å². The molecule has 9 heteroatoms. The molecule has 1 N–H and O–H groups in total. The number of piperidine rings is 1. The fourth-order valence-electron chi connectivity index (χ4n) is 5.11. The van der Waals surface area contributed by atoms with Gasteiger partial charge in [-0.1, -0.05) is 0 Å². The highest BCUT2D eigenvalue weighted by Crippen LogP contribution is 2.45. The second-order valence-corrected chi connectivity index (χ2v) is 9.06. The maximum atomic E-state index is 13.3. The Morgan fingerprint density at radius 1 is 1.26 bits per heavy atom. The minimum Gasteiger partial charge on any atom is -0.490 e. The van der Waals surface area contributed by atoms with Gasteiger partial charge < -0.3 is 15.0 Å². The van der Waals surface area contributed by atoms with Crippen molar-refractivity contribution in [3.63, 3.8) is 0 Å². The number of likely N-dealkylation sites (tertiary alicyclic amines) is 1. The molecule has 5 nitrogen and oxygen atoms in total. The predicted octanol–water partition coefficient (Wildman–Crippen LogP) is 3.91. The maximum absolute atomic E-state index is 13.3. The summed E-state index contributed by atoms with van der Waals surface area (Å²) in [5.74, 6) is -1.27. The molecule has 1 atom stereocenters. The van der Waals surface area contributed by atoms with E-state index in [1.54, 1.807) is 6.92 Å². The molecule has 31 heavy (non-hydrogen) atoms. The molecule has 0 bridgehead atoms. The molecule has 170 valence electrons. The van der Waals surface area contributed by atoms with Crippen molar-refractivity contribution in [3.8, 4) is 5.75 Å². The summed E-state index contributed by atoms with van der Waals surface area (Å²) in [6, 6.07) is 2.42. The van der Waals surface area contributed by atoms with Crippen LogP contribution in [0.15, 0.2) is 18.2 Å². The van der Waals surface area contributed by atoms with Crippen molar-refractivity contribution in [2.45, 2.75) is 63.3 Å². The van der Waals surface area contributed by atoms with Gasteiger partial charge in [0, 0.05) is 31.0 Å². The summed E-state index contributed by atoms with van der Waals surface area (Å²) in [6.45, 7) is 2.77. The molecule has 3 aliphatic rings. The molecule has 4 rings (SSSR count). The van der Waals surface area contributed by atoms with Crippen LogP contribution in [-0.4, -0.2) is 41.4 Å². The molecule has 2 heterocycles. The molecule has 1 aliphatic carbocycles. The number of nitrogens with one attached hydrogen (secondary N) is 1. The quantitative estimate of drug-likeness (QED) is 0.720. The maximum Gasteiger partial charge on any atom is 0.420 e. The third-order valence-corrected chi connectivity index (χ3v) is 6.93. The van der Waals surface area contributed by atoms with E-state index in [-0.39, 0.29) is 34.9 Å². The number of halogens is 4. The molecule has 2 saturated heterocycles. The first-order valence-corrected chi connectivity index (χ1v) is 10.7. The van der Waals surface area contributed by atoms with Crippen LogP contribution in [0.5, 0.6) is 5.75 Å². The van der Waals surface area contributed by atoms with Crippen molar-refractivity contribution in [1.29, 1.82) is 0 Å². The molecule has 2 aliphatic heterocycles. The summed E-state index contributed by atoms with van der Waals surface area (Å²) in [5, 5.41) is 2.99.